The molecule has 0 radical (unpaired) electrons. The molecule has 2 aromatic rings. The third kappa shape index (κ3) is 5.73. The number of nitriles is 2. The number of nitrogens with zero attached hydrogens (tertiary/aromatic N) is 2. The zero-order valence-electron chi connectivity index (χ0n) is 15.0. The molecule has 0 fully saturated rings. The molecule has 0 unspecified atom stereocenters. The number of carbonyl (C=O) groups is 2. The SMILES string of the molecule is COC(=O)c1ccc(NC(=O)/C(C#N)=C/c2cc(Cl)c(OCC#N)c(Cl)c2)cc1. The van der Waals surface area contributed by atoms with Crippen molar-refractivity contribution in [1.29, 1.82) is 10.5 Å². The summed E-state index contributed by atoms with van der Waals surface area (Å²) in [5, 5.41) is 20.7. The van der Waals surface area contributed by atoms with Gasteiger partial charge < -0.3 is 14.8 Å². The number of hydrogen-bond donors (Lipinski definition) is 1. The number of ether oxygens (including phenoxy) is 2. The lowest BCUT2D eigenvalue weighted by Crippen LogP contribution is -2.13. The Bertz CT molecular complexity index is 1030. The molecule has 9 heteroatoms. The third-order valence-electron chi connectivity index (χ3n) is 3.54. The Morgan fingerprint density at radius 3 is 2.28 bits per heavy atom. The molecule has 0 aromatic heterocycles. The first kappa shape index (κ1) is 21.8. The van der Waals surface area contributed by atoms with Gasteiger partial charge in [-0.25, -0.2) is 4.79 Å². The highest BCUT2D eigenvalue weighted by atomic mass is 35.5. The van der Waals surface area contributed by atoms with E-state index in [2.05, 4.69) is 10.1 Å². The van der Waals surface area contributed by atoms with E-state index in [-0.39, 0.29) is 28.0 Å². The number of methoxy groups -OCH3 is 1. The Labute approximate surface area is 176 Å². The van der Waals surface area contributed by atoms with E-state index in [1.54, 1.807) is 6.07 Å². The van der Waals surface area contributed by atoms with Crippen LogP contribution in [-0.4, -0.2) is 25.6 Å². The largest absolute Gasteiger partial charge is 0.476 e. The second-order valence-electron chi connectivity index (χ2n) is 5.45. The predicted octanol–water partition coefficient (Wildman–Crippen LogP) is 4.23. The fourth-order valence-corrected chi connectivity index (χ4v) is 2.84. The number of rotatable bonds is 6. The highest BCUT2D eigenvalue weighted by Crippen LogP contribution is 2.34. The first-order chi connectivity index (χ1) is 13.9. The van der Waals surface area contributed by atoms with Gasteiger partial charge in [-0.2, -0.15) is 10.5 Å². The van der Waals surface area contributed by atoms with Crippen LogP contribution in [0.3, 0.4) is 0 Å². The van der Waals surface area contributed by atoms with E-state index in [1.165, 1.54) is 49.6 Å². The van der Waals surface area contributed by atoms with Crippen molar-refractivity contribution in [3.8, 4) is 17.9 Å². The second-order valence-corrected chi connectivity index (χ2v) is 6.27. The number of benzene rings is 2. The number of carbonyl (C=O) groups excluding carboxylic acids is 2. The summed E-state index contributed by atoms with van der Waals surface area (Å²) in [6, 6.07) is 12.5. The topological polar surface area (TPSA) is 112 Å². The maximum atomic E-state index is 12.4. The summed E-state index contributed by atoms with van der Waals surface area (Å²) >= 11 is 12.2. The minimum Gasteiger partial charge on any atom is -0.476 e. The van der Waals surface area contributed by atoms with Crippen molar-refractivity contribution in [2.45, 2.75) is 0 Å². The Hall–Kier alpha value is -3.52. The van der Waals surface area contributed by atoms with E-state index in [0.29, 0.717) is 16.8 Å². The average molecular weight is 430 g/mol. The number of nitrogens with one attached hydrogen (secondary N) is 1. The van der Waals surface area contributed by atoms with E-state index in [1.807, 2.05) is 6.07 Å². The molecular formula is C20H13Cl2N3O4. The van der Waals surface area contributed by atoms with Crippen LogP contribution in [0.1, 0.15) is 15.9 Å². The maximum Gasteiger partial charge on any atom is 0.337 e. The Morgan fingerprint density at radius 1 is 1.14 bits per heavy atom. The van der Waals surface area contributed by atoms with Crippen molar-refractivity contribution >= 4 is 46.8 Å². The van der Waals surface area contributed by atoms with Gasteiger partial charge in [-0.1, -0.05) is 23.2 Å². The van der Waals surface area contributed by atoms with E-state index in [4.69, 9.17) is 33.2 Å². The van der Waals surface area contributed by atoms with Crippen LogP contribution < -0.4 is 10.1 Å². The van der Waals surface area contributed by atoms with Gasteiger partial charge in [-0.05, 0) is 48.0 Å². The quantitative estimate of drug-likeness (QED) is 0.417. The van der Waals surface area contributed by atoms with Crippen molar-refractivity contribution in [2.24, 2.45) is 0 Å². The molecule has 2 aromatic carbocycles. The molecule has 0 saturated carbocycles. The summed E-state index contributed by atoms with van der Waals surface area (Å²) in [5.74, 6) is -1.02. The third-order valence-corrected chi connectivity index (χ3v) is 4.10. The summed E-state index contributed by atoms with van der Waals surface area (Å²) in [6.45, 7) is -0.227. The van der Waals surface area contributed by atoms with Gasteiger partial charge in [-0.3, -0.25) is 4.79 Å². The number of halogens is 2. The second kappa shape index (κ2) is 10.1. The summed E-state index contributed by atoms with van der Waals surface area (Å²) < 4.78 is 9.74. The van der Waals surface area contributed by atoms with E-state index >= 15 is 0 Å². The first-order valence-electron chi connectivity index (χ1n) is 8.00. The molecule has 1 N–H and O–H groups in total. The van der Waals surface area contributed by atoms with Gasteiger partial charge in [-0.15, -0.1) is 0 Å². The highest BCUT2D eigenvalue weighted by Gasteiger charge is 2.13. The molecule has 0 aliphatic heterocycles. The molecule has 1 amide bonds. The number of anilines is 1. The van der Waals surface area contributed by atoms with E-state index < -0.39 is 11.9 Å². The zero-order valence-corrected chi connectivity index (χ0v) is 16.5. The molecule has 0 bridgehead atoms. The minimum absolute atomic E-state index is 0.134. The van der Waals surface area contributed by atoms with E-state index in [0.717, 1.165) is 0 Å². The summed E-state index contributed by atoms with van der Waals surface area (Å²) in [5.41, 5.74) is 0.918. The van der Waals surface area contributed by atoms with Crippen molar-refractivity contribution in [3.63, 3.8) is 0 Å². The standard InChI is InChI=1S/C20H13Cl2N3O4/c1-28-20(27)13-2-4-15(5-3-13)25-19(26)14(11-24)8-12-9-16(21)18(17(22)10-12)29-7-6-23/h2-5,8-10H,7H2,1H3,(H,25,26)/b14-8+. The average Bonchev–Trinajstić information content (AvgIpc) is 2.71. The van der Waals surface area contributed by atoms with Gasteiger partial charge in [0.2, 0.25) is 0 Å². The molecule has 0 aliphatic carbocycles. The zero-order chi connectivity index (χ0) is 21.4. The van der Waals surface area contributed by atoms with Crippen LogP contribution >= 0.6 is 23.2 Å². The fourth-order valence-electron chi connectivity index (χ4n) is 2.23. The molecule has 2 rings (SSSR count). The Kier molecular flexibility index (Phi) is 7.62. The highest BCUT2D eigenvalue weighted by molar-refractivity contribution is 6.37. The lowest BCUT2D eigenvalue weighted by Gasteiger charge is -2.09. The van der Waals surface area contributed by atoms with Gasteiger partial charge >= 0.3 is 5.97 Å². The molecule has 0 aliphatic rings. The lowest BCUT2D eigenvalue weighted by molar-refractivity contribution is -0.112. The Balaban J connectivity index is 2.21. The molecule has 29 heavy (non-hydrogen) atoms. The van der Waals surface area contributed by atoms with Crippen LogP contribution in [0.2, 0.25) is 10.0 Å². The molecule has 0 spiro atoms. The molecule has 0 atom stereocenters. The van der Waals surface area contributed by atoms with Crippen LogP contribution in [0.4, 0.5) is 5.69 Å². The number of hydrogen-bond acceptors (Lipinski definition) is 6. The number of esters is 1. The van der Waals surface area contributed by atoms with Crippen LogP contribution in [0.5, 0.6) is 5.75 Å². The van der Waals surface area contributed by atoms with Crippen LogP contribution in [0, 0.1) is 22.7 Å². The van der Waals surface area contributed by atoms with Crippen molar-refractivity contribution in [3.05, 3.63) is 63.1 Å². The summed E-state index contributed by atoms with van der Waals surface area (Å²) in [4.78, 5) is 23.8. The van der Waals surface area contributed by atoms with Crippen molar-refractivity contribution < 1.29 is 19.1 Å². The smallest absolute Gasteiger partial charge is 0.337 e. The van der Waals surface area contributed by atoms with Crippen LogP contribution in [-0.2, 0) is 9.53 Å². The molecule has 146 valence electrons. The predicted molar refractivity (Wildman–Crippen MR) is 108 cm³/mol. The van der Waals surface area contributed by atoms with Crippen molar-refractivity contribution in [2.75, 3.05) is 19.0 Å². The maximum absolute atomic E-state index is 12.4. The fraction of sp³-hybridized carbons (Fsp3) is 0.100. The lowest BCUT2D eigenvalue weighted by atomic mass is 10.1. The molecule has 0 saturated heterocycles. The summed E-state index contributed by atoms with van der Waals surface area (Å²) in [6.07, 6.45) is 1.31. The summed E-state index contributed by atoms with van der Waals surface area (Å²) in [7, 11) is 1.27. The normalized spacial score (nSPS) is 10.4. The minimum atomic E-state index is -0.657. The Morgan fingerprint density at radius 2 is 1.76 bits per heavy atom. The van der Waals surface area contributed by atoms with Gasteiger partial charge in [0.25, 0.3) is 5.91 Å². The van der Waals surface area contributed by atoms with Gasteiger partial charge in [0.05, 0.1) is 22.7 Å². The number of amides is 1. The first-order valence-corrected chi connectivity index (χ1v) is 8.75. The molecule has 0 heterocycles. The van der Waals surface area contributed by atoms with Gasteiger partial charge in [0.1, 0.15) is 17.7 Å². The van der Waals surface area contributed by atoms with Gasteiger partial charge in [0.15, 0.2) is 12.4 Å². The van der Waals surface area contributed by atoms with E-state index in [9.17, 15) is 14.9 Å². The van der Waals surface area contributed by atoms with Crippen LogP contribution in [0.15, 0.2) is 42.0 Å². The molecule has 7 nitrogen and oxygen atoms in total. The monoisotopic (exact) mass is 429 g/mol. The van der Waals surface area contributed by atoms with Crippen LogP contribution in [0.25, 0.3) is 6.08 Å². The molecular weight excluding hydrogens is 417 g/mol. The van der Waals surface area contributed by atoms with Crippen molar-refractivity contribution in [1.82, 2.24) is 0 Å². The van der Waals surface area contributed by atoms with Gasteiger partial charge in [0, 0.05) is 5.69 Å².